The fraction of sp³-hybridized carbons (Fsp3) is 0.500. The van der Waals surface area contributed by atoms with Gasteiger partial charge in [0.05, 0.1) is 30.3 Å². The van der Waals surface area contributed by atoms with Crippen LogP contribution < -0.4 is 15.2 Å². The minimum atomic E-state index is -0.416. The van der Waals surface area contributed by atoms with E-state index in [0.717, 1.165) is 10.0 Å². The van der Waals surface area contributed by atoms with E-state index in [1.165, 1.54) is 0 Å². The number of ether oxygens (including phenoxy) is 2. The van der Waals surface area contributed by atoms with Crippen molar-refractivity contribution in [2.45, 2.75) is 19.9 Å². The van der Waals surface area contributed by atoms with Crippen LogP contribution in [0.25, 0.3) is 0 Å². The summed E-state index contributed by atoms with van der Waals surface area (Å²) >= 11 is 3.42. The number of halogens is 1. The Hall–Kier alpha value is -0.780. The molecule has 0 unspecified atom stereocenters. The van der Waals surface area contributed by atoms with Crippen molar-refractivity contribution in [1.29, 1.82) is 0 Å². The highest BCUT2D eigenvalue weighted by molar-refractivity contribution is 9.10. The Morgan fingerprint density at radius 2 is 1.94 bits per heavy atom. The topological polar surface area (TPSA) is 64.7 Å². The smallest absolute Gasteiger partial charge is 0.175 e. The second-order valence-electron chi connectivity index (χ2n) is 3.49. The van der Waals surface area contributed by atoms with Gasteiger partial charge in [0.1, 0.15) is 0 Å². The van der Waals surface area contributed by atoms with E-state index in [4.69, 9.17) is 20.3 Å². The molecule has 1 atom stereocenters. The van der Waals surface area contributed by atoms with Gasteiger partial charge < -0.3 is 20.3 Å². The van der Waals surface area contributed by atoms with Crippen molar-refractivity contribution in [2.75, 3.05) is 19.8 Å². The highest BCUT2D eigenvalue weighted by atomic mass is 79.9. The summed E-state index contributed by atoms with van der Waals surface area (Å²) in [5.74, 6) is 1.31. The van der Waals surface area contributed by atoms with Crippen LogP contribution in [0.2, 0.25) is 0 Å². The van der Waals surface area contributed by atoms with Crippen LogP contribution in [0.5, 0.6) is 11.5 Å². The van der Waals surface area contributed by atoms with Crippen LogP contribution in [-0.4, -0.2) is 24.9 Å². The lowest BCUT2D eigenvalue weighted by atomic mass is 10.1. The number of nitrogens with two attached hydrogens (primary N) is 1. The molecule has 1 rings (SSSR count). The summed E-state index contributed by atoms with van der Waals surface area (Å²) in [5, 5.41) is 9.06. The second-order valence-corrected chi connectivity index (χ2v) is 4.34. The summed E-state index contributed by atoms with van der Waals surface area (Å²) in [6.07, 6.45) is 0. The van der Waals surface area contributed by atoms with Crippen molar-refractivity contribution in [1.82, 2.24) is 0 Å². The molecular formula is C12H18BrNO3. The first-order valence-electron chi connectivity index (χ1n) is 5.59. The van der Waals surface area contributed by atoms with Crippen LogP contribution in [-0.2, 0) is 0 Å². The monoisotopic (exact) mass is 303 g/mol. The summed E-state index contributed by atoms with van der Waals surface area (Å²) in [7, 11) is 0. The molecule has 0 spiro atoms. The molecule has 1 aromatic rings. The van der Waals surface area contributed by atoms with E-state index < -0.39 is 6.04 Å². The Morgan fingerprint density at radius 1 is 1.29 bits per heavy atom. The predicted octanol–water partition coefficient (Wildman–Crippen LogP) is 2.24. The molecule has 0 aromatic heterocycles. The minimum absolute atomic E-state index is 0.105. The second kappa shape index (κ2) is 6.83. The highest BCUT2D eigenvalue weighted by Gasteiger charge is 2.14. The van der Waals surface area contributed by atoms with E-state index in [2.05, 4.69) is 15.9 Å². The maximum Gasteiger partial charge on any atom is 0.175 e. The zero-order valence-corrected chi connectivity index (χ0v) is 11.7. The van der Waals surface area contributed by atoms with Crippen LogP contribution in [0.15, 0.2) is 16.6 Å². The van der Waals surface area contributed by atoms with Gasteiger partial charge in [-0.1, -0.05) is 0 Å². The van der Waals surface area contributed by atoms with Gasteiger partial charge >= 0.3 is 0 Å². The Morgan fingerprint density at radius 3 is 2.47 bits per heavy atom. The molecule has 0 bridgehead atoms. The maximum atomic E-state index is 9.06. The van der Waals surface area contributed by atoms with Crippen molar-refractivity contribution in [2.24, 2.45) is 5.73 Å². The van der Waals surface area contributed by atoms with E-state index in [0.29, 0.717) is 24.7 Å². The van der Waals surface area contributed by atoms with Gasteiger partial charge in [-0.05, 0) is 47.5 Å². The third-order valence-corrected chi connectivity index (χ3v) is 2.83. The quantitative estimate of drug-likeness (QED) is 0.846. The molecule has 1 aromatic carbocycles. The fourth-order valence-corrected chi connectivity index (χ4v) is 2.03. The van der Waals surface area contributed by atoms with Gasteiger partial charge in [0.2, 0.25) is 0 Å². The van der Waals surface area contributed by atoms with E-state index in [1.54, 1.807) is 6.07 Å². The zero-order chi connectivity index (χ0) is 12.8. The highest BCUT2D eigenvalue weighted by Crippen LogP contribution is 2.38. The molecular weight excluding hydrogens is 286 g/mol. The summed E-state index contributed by atoms with van der Waals surface area (Å²) in [5.41, 5.74) is 6.60. The lowest BCUT2D eigenvalue weighted by molar-refractivity contribution is 0.265. The van der Waals surface area contributed by atoms with Gasteiger partial charge in [-0.25, -0.2) is 0 Å². The normalized spacial score (nSPS) is 12.3. The Labute approximate surface area is 110 Å². The Bertz CT molecular complexity index is 371. The molecule has 5 heteroatoms. The number of rotatable bonds is 6. The first-order chi connectivity index (χ1) is 8.13. The molecule has 0 fully saturated rings. The van der Waals surface area contributed by atoms with Crippen LogP contribution >= 0.6 is 15.9 Å². The summed E-state index contributed by atoms with van der Waals surface area (Å²) in [6.45, 7) is 4.82. The summed E-state index contributed by atoms with van der Waals surface area (Å²) < 4.78 is 11.8. The minimum Gasteiger partial charge on any atom is -0.490 e. The molecule has 0 radical (unpaired) electrons. The number of benzene rings is 1. The molecule has 0 aliphatic rings. The number of hydrogen-bond acceptors (Lipinski definition) is 4. The van der Waals surface area contributed by atoms with Gasteiger partial charge in [0.25, 0.3) is 0 Å². The first-order valence-corrected chi connectivity index (χ1v) is 6.38. The molecule has 0 saturated carbocycles. The van der Waals surface area contributed by atoms with E-state index in [1.807, 2.05) is 19.9 Å². The standard InChI is InChI=1S/C12H18BrNO3/c1-3-16-11-6-8(10(14)7-15)5-9(13)12(11)17-4-2/h5-6,10,15H,3-4,7,14H2,1-2H3/t10-/m1/s1. The molecule has 0 aliphatic carbocycles. The Kier molecular flexibility index (Phi) is 5.74. The van der Waals surface area contributed by atoms with Gasteiger partial charge in [-0.3, -0.25) is 0 Å². The fourth-order valence-electron chi connectivity index (χ4n) is 1.45. The third kappa shape index (κ3) is 3.59. The third-order valence-electron chi connectivity index (χ3n) is 2.25. The average Bonchev–Trinajstić information content (AvgIpc) is 2.32. The molecule has 0 aliphatic heterocycles. The largest absolute Gasteiger partial charge is 0.490 e. The number of hydrogen-bond donors (Lipinski definition) is 2. The van der Waals surface area contributed by atoms with E-state index >= 15 is 0 Å². The van der Waals surface area contributed by atoms with Crippen LogP contribution in [0.4, 0.5) is 0 Å². The van der Waals surface area contributed by atoms with Crippen molar-refractivity contribution in [3.63, 3.8) is 0 Å². The molecule has 4 nitrogen and oxygen atoms in total. The molecule has 0 heterocycles. The van der Waals surface area contributed by atoms with Gasteiger partial charge in [0.15, 0.2) is 11.5 Å². The lowest BCUT2D eigenvalue weighted by Crippen LogP contribution is -2.15. The number of aliphatic hydroxyl groups is 1. The lowest BCUT2D eigenvalue weighted by Gasteiger charge is -2.16. The van der Waals surface area contributed by atoms with Crippen molar-refractivity contribution >= 4 is 15.9 Å². The maximum absolute atomic E-state index is 9.06. The molecule has 0 saturated heterocycles. The van der Waals surface area contributed by atoms with Gasteiger partial charge in [-0.15, -0.1) is 0 Å². The van der Waals surface area contributed by atoms with Gasteiger partial charge in [0, 0.05) is 0 Å². The van der Waals surface area contributed by atoms with Crippen LogP contribution in [0, 0.1) is 0 Å². The van der Waals surface area contributed by atoms with Crippen LogP contribution in [0.3, 0.4) is 0 Å². The summed E-state index contributed by atoms with van der Waals surface area (Å²) in [4.78, 5) is 0. The van der Waals surface area contributed by atoms with Crippen molar-refractivity contribution in [3.05, 3.63) is 22.2 Å². The average molecular weight is 304 g/mol. The van der Waals surface area contributed by atoms with E-state index in [9.17, 15) is 0 Å². The molecule has 17 heavy (non-hydrogen) atoms. The number of aliphatic hydroxyl groups excluding tert-OH is 1. The van der Waals surface area contributed by atoms with Crippen LogP contribution in [0.1, 0.15) is 25.5 Å². The molecule has 0 amide bonds. The molecule has 96 valence electrons. The zero-order valence-electron chi connectivity index (χ0n) is 10.1. The molecule has 3 N–H and O–H groups in total. The Balaban J connectivity index is 3.15. The summed E-state index contributed by atoms with van der Waals surface area (Å²) in [6, 6.07) is 3.23. The van der Waals surface area contributed by atoms with Crippen molar-refractivity contribution in [3.8, 4) is 11.5 Å². The van der Waals surface area contributed by atoms with E-state index in [-0.39, 0.29) is 6.61 Å². The van der Waals surface area contributed by atoms with Crippen molar-refractivity contribution < 1.29 is 14.6 Å². The SMILES string of the molecule is CCOc1cc([C@H](N)CO)cc(Br)c1OCC. The van der Waals surface area contributed by atoms with Gasteiger partial charge in [-0.2, -0.15) is 0 Å². The predicted molar refractivity (Wildman–Crippen MR) is 70.5 cm³/mol. The first kappa shape index (κ1) is 14.3.